The summed E-state index contributed by atoms with van der Waals surface area (Å²) in [5.41, 5.74) is -0.477. The van der Waals surface area contributed by atoms with Crippen LogP contribution in [0.15, 0.2) is 20.1 Å². The van der Waals surface area contributed by atoms with Crippen molar-refractivity contribution in [3.05, 3.63) is 15.9 Å². The van der Waals surface area contributed by atoms with E-state index in [2.05, 4.69) is 15.9 Å². The SMILES string of the molecule is CC1(C)COCN1S(=O)(=O)c1ccc(Br)s1. The van der Waals surface area contributed by atoms with Crippen molar-refractivity contribution in [2.24, 2.45) is 0 Å². The fourth-order valence-electron chi connectivity index (χ4n) is 1.56. The standard InChI is InChI=1S/C9H12BrNO3S2/c1-9(2)5-14-6-11(9)16(12,13)8-4-3-7(10)15-8/h3-4H,5-6H2,1-2H3. The highest BCUT2D eigenvalue weighted by atomic mass is 79.9. The van der Waals surface area contributed by atoms with Crippen molar-refractivity contribution >= 4 is 37.3 Å². The smallest absolute Gasteiger partial charge is 0.255 e. The van der Waals surface area contributed by atoms with Crippen LogP contribution in [0.3, 0.4) is 0 Å². The molecular formula is C9H12BrNO3S2. The normalized spacial score (nSPS) is 21.4. The van der Waals surface area contributed by atoms with Crippen molar-refractivity contribution in [2.75, 3.05) is 13.3 Å². The summed E-state index contributed by atoms with van der Waals surface area (Å²) < 4.78 is 32.4. The predicted molar refractivity (Wildman–Crippen MR) is 65.9 cm³/mol. The van der Waals surface area contributed by atoms with E-state index < -0.39 is 15.6 Å². The number of halogens is 1. The molecule has 2 heterocycles. The molecule has 1 aromatic rings. The Bertz CT molecular complexity index is 495. The molecule has 0 saturated carbocycles. The molecule has 0 spiro atoms. The minimum atomic E-state index is -3.43. The minimum absolute atomic E-state index is 0.130. The van der Waals surface area contributed by atoms with Gasteiger partial charge in [-0.2, -0.15) is 4.31 Å². The lowest BCUT2D eigenvalue weighted by Gasteiger charge is -2.27. The molecule has 0 aromatic carbocycles. The second-order valence-corrected chi connectivity index (χ2v) is 8.75. The second-order valence-electron chi connectivity index (χ2n) is 4.20. The zero-order valence-corrected chi connectivity index (χ0v) is 12.2. The van der Waals surface area contributed by atoms with Crippen LogP contribution >= 0.6 is 27.3 Å². The van der Waals surface area contributed by atoms with Gasteiger partial charge in [0.25, 0.3) is 10.0 Å². The van der Waals surface area contributed by atoms with Gasteiger partial charge in [0.2, 0.25) is 0 Å². The molecule has 1 aromatic heterocycles. The average molecular weight is 326 g/mol. The summed E-state index contributed by atoms with van der Waals surface area (Å²) in [4.78, 5) is 0. The van der Waals surface area contributed by atoms with Gasteiger partial charge in [-0.05, 0) is 41.9 Å². The topological polar surface area (TPSA) is 46.6 Å². The van der Waals surface area contributed by atoms with Gasteiger partial charge in [-0.1, -0.05) is 0 Å². The Hall–Kier alpha value is 0.0500. The zero-order valence-electron chi connectivity index (χ0n) is 8.94. The van der Waals surface area contributed by atoms with Gasteiger partial charge in [0.05, 0.1) is 15.9 Å². The maximum atomic E-state index is 12.3. The third kappa shape index (κ3) is 2.06. The zero-order chi connectivity index (χ0) is 12.0. The highest BCUT2D eigenvalue weighted by Crippen LogP contribution is 2.33. The van der Waals surface area contributed by atoms with Crippen molar-refractivity contribution in [3.63, 3.8) is 0 Å². The molecule has 90 valence electrons. The largest absolute Gasteiger partial charge is 0.363 e. The van der Waals surface area contributed by atoms with Crippen molar-refractivity contribution in [1.82, 2.24) is 4.31 Å². The van der Waals surface area contributed by atoms with E-state index in [4.69, 9.17) is 4.74 Å². The van der Waals surface area contributed by atoms with Gasteiger partial charge in [0.15, 0.2) is 0 Å². The van der Waals surface area contributed by atoms with E-state index in [0.29, 0.717) is 10.8 Å². The number of sulfonamides is 1. The molecule has 0 N–H and O–H groups in total. The quantitative estimate of drug-likeness (QED) is 0.838. The van der Waals surface area contributed by atoms with E-state index in [9.17, 15) is 8.42 Å². The van der Waals surface area contributed by atoms with Gasteiger partial charge in [-0.3, -0.25) is 0 Å². The predicted octanol–water partition coefficient (Wildman–Crippen LogP) is 2.27. The maximum absolute atomic E-state index is 12.3. The fourth-order valence-corrected chi connectivity index (χ4v) is 5.34. The molecule has 0 unspecified atom stereocenters. The number of nitrogens with zero attached hydrogens (tertiary/aromatic N) is 1. The van der Waals surface area contributed by atoms with Crippen LogP contribution in [0, 0.1) is 0 Å². The molecule has 0 amide bonds. The molecule has 0 radical (unpaired) electrons. The molecule has 1 aliphatic heterocycles. The van der Waals surface area contributed by atoms with Crippen LogP contribution in [0.4, 0.5) is 0 Å². The first-order valence-corrected chi connectivity index (χ1v) is 7.75. The molecule has 2 rings (SSSR count). The van der Waals surface area contributed by atoms with E-state index in [1.54, 1.807) is 12.1 Å². The van der Waals surface area contributed by atoms with Crippen molar-refractivity contribution < 1.29 is 13.2 Å². The molecule has 0 aliphatic carbocycles. The highest BCUT2D eigenvalue weighted by molar-refractivity contribution is 9.11. The summed E-state index contributed by atoms with van der Waals surface area (Å²) in [5.74, 6) is 0. The number of hydrogen-bond donors (Lipinski definition) is 0. The van der Waals surface area contributed by atoms with Gasteiger partial charge in [0, 0.05) is 0 Å². The third-order valence-electron chi connectivity index (χ3n) is 2.43. The molecular weight excluding hydrogens is 314 g/mol. The lowest BCUT2D eigenvalue weighted by atomic mass is 10.1. The summed E-state index contributed by atoms with van der Waals surface area (Å²) >= 11 is 4.48. The van der Waals surface area contributed by atoms with Crippen LogP contribution < -0.4 is 0 Å². The number of ether oxygens (including phenoxy) is 1. The van der Waals surface area contributed by atoms with Crippen LogP contribution in [-0.4, -0.2) is 31.6 Å². The molecule has 4 nitrogen and oxygen atoms in total. The molecule has 1 fully saturated rings. The number of thiophene rings is 1. The molecule has 7 heteroatoms. The summed E-state index contributed by atoms with van der Waals surface area (Å²) in [6, 6.07) is 3.35. The second kappa shape index (κ2) is 4.06. The summed E-state index contributed by atoms with van der Waals surface area (Å²) in [7, 11) is -3.43. The van der Waals surface area contributed by atoms with Gasteiger partial charge < -0.3 is 4.74 Å². The van der Waals surface area contributed by atoms with Crippen molar-refractivity contribution in [2.45, 2.75) is 23.6 Å². The summed E-state index contributed by atoms with van der Waals surface area (Å²) in [6.45, 7) is 4.28. The lowest BCUT2D eigenvalue weighted by Crippen LogP contribution is -2.43. The Morgan fingerprint density at radius 2 is 2.19 bits per heavy atom. The van der Waals surface area contributed by atoms with Crippen LogP contribution in [0.1, 0.15) is 13.8 Å². The van der Waals surface area contributed by atoms with E-state index in [-0.39, 0.29) is 6.73 Å². The lowest BCUT2D eigenvalue weighted by molar-refractivity contribution is 0.171. The van der Waals surface area contributed by atoms with E-state index in [1.807, 2.05) is 13.8 Å². The van der Waals surface area contributed by atoms with Crippen LogP contribution in [0.25, 0.3) is 0 Å². The van der Waals surface area contributed by atoms with Crippen molar-refractivity contribution in [3.8, 4) is 0 Å². The molecule has 1 saturated heterocycles. The van der Waals surface area contributed by atoms with Crippen LogP contribution in [0.5, 0.6) is 0 Å². The van der Waals surface area contributed by atoms with Gasteiger partial charge in [-0.25, -0.2) is 8.42 Å². The molecule has 0 atom stereocenters. The molecule has 16 heavy (non-hydrogen) atoms. The first-order valence-electron chi connectivity index (χ1n) is 4.70. The maximum Gasteiger partial charge on any atom is 0.255 e. The van der Waals surface area contributed by atoms with E-state index in [1.165, 1.54) is 15.6 Å². The third-order valence-corrected chi connectivity index (χ3v) is 6.56. The van der Waals surface area contributed by atoms with Gasteiger partial charge in [0.1, 0.15) is 10.9 Å². The Kier molecular flexibility index (Phi) is 3.17. The van der Waals surface area contributed by atoms with Gasteiger partial charge >= 0.3 is 0 Å². The highest BCUT2D eigenvalue weighted by Gasteiger charge is 2.42. The van der Waals surface area contributed by atoms with E-state index >= 15 is 0 Å². The van der Waals surface area contributed by atoms with Gasteiger partial charge in [-0.15, -0.1) is 11.3 Å². The fraction of sp³-hybridized carbons (Fsp3) is 0.556. The van der Waals surface area contributed by atoms with Crippen LogP contribution in [-0.2, 0) is 14.8 Å². The Labute approximate surface area is 107 Å². The Morgan fingerprint density at radius 3 is 2.62 bits per heavy atom. The monoisotopic (exact) mass is 325 g/mol. The van der Waals surface area contributed by atoms with Crippen molar-refractivity contribution in [1.29, 1.82) is 0 Å². The Morgan fingerprint density at radius 1 is 1.50 bits per heavy atom. The first-order chi connectivity index (χ1) is 7.34. The summed E-state index contributed by atoms with van der Waals surface area (Å²) in [6.07, 6.45) is 0. The molecule has 0 bridgehead atoms. The first kappa shape index (κ1) is 12.5. The summed E-state index contributed by atoms with van der Waals surface area (Å²) in [5, 5.41) is 0. The number of rotatable bonds is 2. The Balaban J connectivity index is 2.40. The van der Waals surface area contributed by atoms with Crippen LogP contribution in [0.2, 0.25) is 0 Å². The number of hydrogen-bond acceptors (Lipinski definition) is 4. The average Bonchev–Trinajstić information content (AvgIpc) is 2.71. The molecule has 1 aliphatic rings. The minimum Gasteiger partial charge on any atom is -0.363 e. The van der Waals surface area contributed by atoms with E-state index in [0.717, 1.165) is 3.79 Å².